The number of hydrogen-bond donors (Lipinski definition) is 3. The minimum absolute atomic E-state index is 0.0862. The van der Waals surface area contributed by atoms with Crippen LogP contribution in [-0.2, 0) is 0 Å². The molecule has 0 aromatic carbocycles. The molecule has 0 saturated heterocycles. The summed E-state index contributed by atoms with van der Waals surface area (Å²) in [5.74, 6) is 0.253. The number of aromatic nitrogens is 1. The number of anilines is 2. The Kier molecular flexibility index (Phi) is 2.24. The summed E-state index contributed by atoms with van der Waals surface area (Å²) in [6.07, 6.45) is 4.49. The van der Waals surface area contributed by atoms with Gasteiger partial charge in [0, 0.05) is 12.1 Å². The maximum Gasteiger partial charge on any atom is 0.258 e. The van der Waals surface area contributed by atoms with Crippen molar-refractivity contribution in [1.29, 1.82) is 0 Å². The fourth-order valence-corrected chi connectivity index (χ4v) is 2.31. The lowest BCUT2D eigenvalue weighted by atomic mass is 10.3. The Morgan fingerprint density at radius 1 is 1.31 bits per heavy atom. The summed E-state index contributed by atoms with van der Waals surface area (Å²) >= 11 is 1.27. The summed E-state index contributed by atoms with van der Waals surface area (Å²) in [5, 5.41) is 7.05. The molecule has 0 bridgehead atoms. The Labute approximate surface area is 97.6 Å². The first-order valence-electron chi connectivity index (χ1n) is 5.56. The van der Waals surface area contributed by atoms with Gasteiger partial charge in [-0.3, -0.25) is 4.79 Å². The molecule has 2 fully saturated rings. The average Bonchev–Trinajstić information content (AvgIpc) is 3.11. The third kappa shape index (κ3) is 1.97. The molecule has 86 valence electrons. The first-order valence-corrected chi connectivity index (χ1v) is 6.34. The molecule has 1 amide bonds. The standard InChI is InChI=1S/C10H14N4OS/c11-8-7(9(15)12-5-1-2-5)10(16-14-8)13-6-3-4-6/h5-6,13H,1-4H2,(H2,11,14)(H,12,15). The Morgan fingerprint density at radius 2 is 2.00 bits per heavy atom. The second kappa shape index (κ2) is 3.62. The highest BCUT2D eigenvalue weighted by molar-refractivity contribution is 7.11. The van der Waals surface area contributed by atoms with E-state index < -0.39 is 0 Å². The van der Waals surface area contributed by atoms with Crippen LogP contribution < -0.4 is 16.4 Å². The molecule has 1 aromatic rings. The van der Waals surface area contributed by atoms with Gasteiger partial charge in [-0.15, -0.1) is 0 Å². The second-order valence-electron chi connectivity index (χ2n) is 4.44. The van der Waals surface area contributed by atoms with Crippen LogP contribution in [0.4, 0.5) is 10.8 Å². The van der Waals surface area contributed by atoms with Gasteiger partial charge < -0.3 is 16.4 Å². The van der Waals surface area contributed by atoms with Gasteiger partial charge in [-0.25, -0.2) is 0 Å². The number of hydrogen-bond acceptors (Lipinski definition) is 5. The van der Waals surface area contributed by atoms with Crippen molar-refractivity contribution in [1.82, 2.24) is 9.69 Å². The van der Waals surface area contributed by atoms with Crippen LogP contribution in [0.5, 0.6) is 0 Å². The van der Waals surface area contributed by atoms with Crippen molar-refractivity contribution in [3.63, 3.8) is 0 Å². The zero-order chi connectivity index (χ0) is 11.1. The summed E-state index contributed by atoms with van der Waals surface area (Å²) in [4.78, 5) is 11.9. The van der Waals surface area contributed by atoms with Gasteiger partial charge in [0.1, 0.15) is 10.6 Å². The predicted octanol–water partition coefficient (Wildman–Crippen LogP) is 1.19. The predicted molar refractivity (Wildman–Crippen MR) is 63.7 cm³/mol. The number of carbonyl (C=O) groups excluding carboxylic acids is 1. The Bertz CT molecular complexity index is 422. The maximum absolute atomic E-state index is 11.9. The van der Waals surface area contributed by atoms with Crippen LogP contribution in [0.2, 0.25) is 0 Å². The van der Waals surface area contributed by atoms with Crippen LogP contribution in [-0.4, -0.2) is 22.4 Å². The maximum atomic E-state index is 11.9. The molecule has 0 unspecified atom stereocenters. The van der Waals surface area contributed by atoms with Gasteiger partial charge in [0.2, 0.25) is 0 Å². The van der Waals surface area contributed by atoms with Gasteiger partial charge >= 0.3 is 0 Å². The highest BCUT2D eigenvalue weighted by atomic mass is 32.1. The molecular formula is C10H14N4OS. The Morgan fingerprint density at radius 3 is 2.62 bits per heavy atom. The highest BCUT2D eigenvalue weighted by Crippen LogP contribution is 2.33. The van der Waals surface area contributed by atoms with Crippen molar-refractivity contribution in [2.24, 2.45) is 0 Å². The molecule has 0 atom stereocenters. The molecule has 0 radical (unpaired) electrons. The summed E-state index contributed by atoms with van der Waals surface area (Å²) in [6.45, 7) is 0. The van der Waals surface area contributed by atoms with E-state index in [0.717, 1.165) is 17.8 Å². The highest BCUT2D eigenvalue weighted by Gasteiger charge is 2.29. The van der Waals surface area contributed by atoms with Gasteiger partial charge in [-0.05, 0) is 37.2 Å². The molecule has 4 N–H and O–H groups in total. The third-order valence-corrected chi connectivity index (χ3v) is 3.56. The average molecular weight is 238 g/mol. The normalized spacial score (nSPS) is 19.5. The van der Waals surface area contributed by atoms with Crippen LogP contribution in [0.25, 0.3) is 0 Å². The van der Waals surface area contributed by atoms with Crippen molar-refractivity contribution in [3.05, 3.63) is 5.56 Å². The lowest BCUT2D eigenvalue weighted by Crippen LogP contribution is -2.26. The lowest BCUT2D eigenvalue weighted by molar-refractivity contribution is 0.0953. The number of nitrogen functional groups attached to an aromatic ring is 1. The number of nitrogens with one attached hydrogen (secondary N) is 2. The summed E-state index contributed by atoms with van der Waals surface area (Å²) < 4.78 is 4.04. The van der Waals surface area contributed by atoms with Crippen molar-refractivity contribution in [2.75, 3.05) is 11.1 Å². The van der Waals surface area contributed by atoms with Crippen LogP contribution in [0.15, 0.2) is 0 Å². The van der Waals surface area contributed by atoms with Crippen molar-refractivity contribution < 1.29 is 4.79 Å². The fourth-order valence-electron chi connectivity index (χ4n) is 1.52. The molecule has 5 nitrogen and oxygen atoms in total. The molecule has 0 spiro atoms. The van der Waals surface area contributed by atoms with E-state index >= 15 is 0 Å². The van der Waals surface area contributed by atoms with Crippen molar-refractivity contribution in [2.45, 2.75) is 37.8 Å². The number of rotatable bonds is 4. The second-order valence-corrected chi connectivity index (χ2v) is 5.21. The van der Waals surface area contributed by atoms with E-state index in [1.807, 2.05) is 0 Å². The SMILES string of the molecule is Nc1nsc(NC2CC2)c1C(=O)NC1CC1. The molecular weight excluding hydrogens is 224 g/mol. The van der Waals surface area contributed by atoms with E-state index in [0.29, 0.717) is 23.5 Å². The van der Waals surface area contributed by atoms with Gasteiger partial charge in [0.05, 0.1) is 0 Å². The van der Waals surface area contributed by atoms with Gasteiger partial charge in [-0.1, -0.05) is 0 Å². The van der Waals surface area contributed by atoms with E-state index in [9.17, 15) is 4.79 Å². The number of nitrogens with two attached hydrogens (primary N) is 1. The first-order chi connectivity index (χ1) is 7.74. The van der Waals surface area contributed by atoms with E-state index in [4.69, 9.17) is 5.73 Å². The molecule has 2 saturated carbocycles. The lowest BCUT2D eigenvalue weighted by Gasteiger charge is -2.06. The zero-order valence-electron chi connectivity index (χ0n) is 8.82. The van der Waals surface area contributed by atoms with E-state index in [2.05, 4.69) is 15.0 Å². The van der Waals surface area contributed by atoms with Crippen LogP contribution in [0.3, 0.4) is 0 Å². The molecule has 1 heterocycles. The number of nitrogens with zero attached hydrogens (tertiary/aromatic N) is 1. The van der Waals surface area contributed by atoms with Crippen LogP contribution >= 0.6 is 11.5 Å². The molecule has 6 heteroatoms. The molecule has 2 aliphatic carbocycles. The van der Waals surface area contributed by atoms with E-state index in [1.165, 1.54) is 24.4 Å². The number of carbonyl (C=O) groups is 1. The van der Waals surface area contributed by atoms with Crippen LogP contribution in [0, 0.1) is 0 Å². The van der Waals surface area contributed by atoms with Gasteiger partial charge in [0.25, 0.3) is 5.91 Å². The quantitative estimate of drug-likeness (QED) is 0.736. The van der Waals surface area contributed by atoms with Gasteiger partial charge in [-0.2, -0.15) is 4.37 Å². The minimum atomic E-state index is -0.0862. The Hall–Kier alpha value is -1.30. The van der Waals surface area contributed by atoms with Gasteiger partial charge in [0.15, 0.2) is 5.82 Å². The molecule has 3 rings (SSSR count). The number of amides is 1. The molecule has 2 aliphatic rings. The first kappa shape index (κ1) is 9.89. The third-order valence-electron chi connectivity index (χ3n) is 2.77. The summed E-state index contributed by atoms with van der Waals surface area (Å²) in [6, 6.07) is 0.855. The van der Waals surface area contributed by atoms with Crippen molar-refractivity contribution >= 4 is 28.3 Å². The minimum Gasteiger partial charge on any atom is -0.382 e. The fraction of sp³-hybridized carbons (Fsp3) is 0.600. The van der Waals surface area contributed by atoms with E-state index in [-0.39, 0.29) is 5.91 Å². The molecule has 1 aromatic heterocycles. The van der Waals surface area contributed by atoms with Crippen molar-refractivity contribution in [3.8, 4) is 0 Å². The Balaban J connectivity index is 1.78. The van der Waals surface area contributed by atoms with E-state index in [1.54, 1.807) is 0 Å². The smallest absolute Gasteiger partial charge is 0.258 e. The topological polar surface area (TPSA) is 80.0 Å². The largest absolute Gasteiger partial charge is 0.382 e. The van der Waals surface area contributed by atoms with Crippen LogP contribution in [0.1, 0.15) is 36.0 Å². The molecule has 0 aliphatic heterocycles. The summed E-state index contributed by atoms with van der Waals surface area (Å²) in [7, 11) is 0. The zero-order valence-corrected chi connectivity index (χ0v) is 9.64. The summed E-state index contributed by atoms with van der Waals surface area (Å²) in [5.41, 5.74) is 6.26. The molecule has 16 heavy (non-hydrogen) atoms. The monoisotopic (exact) mass is 238 g/mol.